The minimum absolute atomic E-state index is 0.385. The highest BCUT2D eigenvalue weighted by Gasteiger charge is 2.14. The van der Waals surface area contributed by atoms with E-state index < -0.39 is 0 Å². The number of carbonyl (C=O) groups is 1. The lowest BCUT2D eigenvalue weighted by atomic mass is 10.0. The summed E-state index contributed by atoms with van der Waals surface area (Å²) in [4.78, 5) is 11.8. The molecule has 1 aromatic rings. The maximum absolute atomic E-state index is 11.8. The molecule has 0 aliphatic heterocycles. The monoisotopic (exact) mass is 332 g/mol. The molecule has 3 heteroatoms. The Morgan fingerprint density at radius 2 is 1.62 bits per heavy atom. The molecule has 1 rings (SSSR count). The van der Waals surface area contributed by atoms with Crippen LogP contribution >= 0.6 is 0 Å². The minimum atomic E-state index is -0.385. The second kappa shape index (κ2) is 11.7. The summed E-state index contributed by atoms with van der Waals surface area (Å²) in [5.41, 5.74) is 1.39. The third kappa shape index (κ3) is 7.20. The largest absolute Gasteiger partial charge is 0.493 e. The topological polar surface area (TPSA) is 35.5 Å². The Kier molecular flexibility index (Phi) is 9.90. The van der Waals surface area contributed by atoms with Gasteiger partial charge in [0.2, 0.25) is 0 Å². The number of esters is 1. The minimum Gasteiger partial charge on any atom is -0.493 e. The Morgan fingerprint density at radius 3 is 2.25 bits per heavy atom. The highest BCUT2D eigenvalue weighted by atomic mass is 16.5. The summed E-state index contributed by atoms with van der Waals surface area (Å²) in [6, 6.07) is 5.64. The average molecular weight is 332 g/mol. The molecule has 0 aliphatic rings. The van der Waals surface area contributed by atoms with Crippen molar-refractivity contribution >= 4 is 5.97 Å². The Morgan fingerprint density at radius 1 is 1.00 bits per heavy atom. The quantitative estimate of drug-likeness (QED) is 0.208. The molecule has 1 aromatic carbocycles. The van der Waals surface area contributed by atoms with Crippen molar-refractivity contribution in [1.29, 1.82) is 0 Å². The van der Waals surface area contributed by atoms with Gasteiger partial charge in [0.15, 0.2) is 0 Å². The molecule has 0 aromatic heterocycles. The van der Waals surface area contributed by atoms with Crippen molar-refractivity contribution in [1.82, 2.24) is 0 Å². The Hall–Kier alpha value is -1.77. The predicted molar refractivity (Wildman–Crippen MR) is 99.8 cm³/mol. The molecule has 0 aliphatic carbocycles. The van der Waals surface area contributed by atoms with Crippen LogP contribution in [0.1, 0.15) is 71.3 Å². The summed E-state index contributed by atoms with van der Waals surface area (Å²) >= 11 is 0. The van der Waals surface area contributed by atoms with Crippen LogP contribution in [0.4, 0.5) is 0 Å². The van der Waals surface area contributed by atoms with Crippen molar-refractivity contribution < 1.29 is 14.3 Å². The smallest absolute Gasteiger partial charge is 0.338 e. The van der Waals surface area contributed by atoms with Crippen molar-refractivity contribution in [3.63, 3.8) is 0 Å². The number of rotatable bonds is 12. The van der Waals surface area contributed by atoms with Crippen molar-refractivity contribution in [2.45, 2.75) is 72.1 Å². The third-order valence-corrected chi connectivity index (χ3v) is 3.97. The highest BCUT2D eigenvalue weighted by Crippen LogP contribution is 2.31. The van der Waals surface area contributed by atoms with Crippen LogP contribution in [-0.4, -0.2) is 12.6 Å². The second-order valence-electron chi connectivity index (χ2n) is 6.21. The first-order valence-electron chi connectivity index (χ1n) is 9.22. The molecule has 0 unspecified atom stereocenters. The molecule has 3 nitrogen and oxygen atoms in total. The van der Waals surface area contributed by atoms with Gasteiger partial charge < -0.3 is 9.47 Å². The van der Waals surface area contributed by atoms with Gasteiger partial charge in [-0.2, -0.15) is 0 Å². The number of hydrogen-bond donors (Lipinski definition) is 0. The maximum atomic E-state index is 11.8. The van der Waals surface area contributed by atoms with Crippen molar-refractivity contribution in [2.75, 3.05) is 6.61 Å². The average Bonchev–Trinajstić information content (AvgIpc) is 2.56. The molecule has 0 radical (unpaired) electrons. The van der Waals surface area contributed by atoms with Gasteiger partial charge in [-0.1, -0.05) is 58.1 Å². The van der Waals surface area contributed by atoms with Gasteiger partial charge in [0.25, 0.3) is 0 Å². The van der Waals surface area contributed by atoms with E-state index in [-0.39, 0.29) is 5.97 Å². The second-order valence-corrected chi connectivity index (χ2v) is 6.21. The molecule has 134 valence electrons. The highest BCUT2D eigenvalue weighted by molar-refractivity contribution is 5.89. The van der Waals surface area contributed by atoms with E-state index in [1.54, 1.807) is 6.92 Å². The number of benzene rings is 1. The molecule has 0 saturated carbocycles. The number of hydrogen-bond acceptors (Lipinski definition) is 3. The van der Waals surface area contributed by atoms with E-state index in [0.29, 0.717) is 17.9 Å². The SMILES string of the molecule is C=C(C)C(=O)Oc1cccc(OCC)c1CCCCCCCCC. The van der Waals surface area contributed by atoms with E-state index >= 15 is 0 Å². The van der Waals surface area contributed by atoms with Crippen LogP contribution in [0.15, 0.2) is 30.4 Å². The summed E-state index contributed by atoms with van der Waals surface area (Å²) in [6.07, 6.45) is 9.63. The van der Waals surface area contributed by atoms with E-state index in [1.165, 1.54) is 38.5 Å². The molecule has 0 bridgehead atoms. The molecule has 0 N–H and O–H groups in total. The van der Waals surface area contributed by atoms with Crippen molar-refractivity contribution in [3.8, 4) is 11.5 Å². The van der Waals surface area contributed by atoms with E-state index in [4.69, 9.17) is 9.47 Å². The van der Waals surface area contributed by atoms with Crippen LogP contribution in [0.25, 0.3) is 0 Å². The van der Waals surface area contributed by atoms with Gasteiger partial charge in [-0.25, -0.2) is 4.79 Å². The zero-order valence-electron chi connectivity index (χ0n) is 15.5. The van der Waals surface area contributed by atoms with E-state index in [2.05, 4.69) is 13.5 Å². The first-order chi connectivity index (χ1) is 11.6. The predicted octanol–water partition coefficient (Wildman–Crippen LogP) is 5.86. The molecule has 0 atom stereocenters. The van der Waals surface area contributed by atoms with Crippen LogP contribution < -0.4 is 9.47 Å². The lowest BCUT2D eigenvalue weighted by Gasteiger charge is -2.15. The van der Waals surface area contributed by atoms with Gasteiger partial charge in [-0.15, -0.1) is 0 Å². The molecule has 0 fully saturated rings. The van der Waals surface area contributed by atoms with Gasteiger partial charge in [0.05, 0.1) is 6.61 Å². The normalized spacial score (nSPS) is 10.5. The van der Waals surface area contributed by atoms with Crippen LogP contribution in [0.3, 0.4) is 0 Å². The molecule has 0 saturated heterocycles. The Bertz CT molecular complexity index is 520. The lowest BCUT2D eigenvalue weighted by Crippen LogP contribution is -2.10. The van der Waals surface area contributed by atoms with Gasteiger partial charge in [-0.05, 0) is 38.8 Å². The zero-order valence-corrected chi connectivity index (χ0v) is 15.5. The maximum Gasteiger partial charge on any atom is 0.338 e. The van der Waals surface area contributed by atoms with E-state index in [0.717, 1.165) is 24.2 Å². The van der Waals surface area contributed by atoms with Crippen molar-refractivity contribution in [2.24, 2.45) is 0 Å². The molecular formula is C21H32O3. The standard InChI is InChI=1S/C21H32O3/c1-5-7-8-9-10-11-12-14-18-19(23-6-2)15-13-16-20(18)24-21(22)17(3)4/h13,15-16H,3,5-12,14H2,1-2,4H3. The van der Waals surface area contributed by atoms with Gasteiger partial charge >= 0.3 is 5.97 Å². The first kappa shape index (κ1) is 20.3. The van der Waals surface area contributed by atoms with Crippen LogP contribution in [0, 0.1) is 0 Å². The Balaban J connectivity index is 2.66. The van der Waals surface area contributed by atoms with Crippen molar-refractivity contribution in [3.05, 3.63) is 35.9 Å². The van der Waals surface area contributed by atoms with Gasteiger partial charge in [0, 0.05) is 11.1 Å². The zero-order chi connectivity index (χ0) is 17.8. The fourth-order valence-corrected chi connectivity index (χ4v) is 2.62. The lowest BCUT2D eigenvalue weighted by molar-refractivity contribution is -0.130. The van der Waals surface area contributed by atoms with E-state index in [1.807, 2.05) is 25.1 Å². The van der Waals surface area contributed by atoms with Crippen LogP contribution in [0.2, 0.25) is 0 Å². The first-order valence-corrected chi connectivity index (χ1v) is 9.22. The summed E-state index contributed by atoms with van der Waals surface area (Å²) in [7, 11) is 0. The van der Waals surface area contributed by atoms with Gasteiger partial charge in [0.1, 0.15) is 11.5 Å². The fraction of sp³-hybridized carbons (Fsp3) is 0.571. The fourth-order valence-electron chi connectivity index (χ4n) is 2.62. The molecule has 24 heavy (non-hydrogen) atoms. The molecule has 0 amide bonds. The van der Waals surface area contributed by atoms with E-state index in [9.17, 15) is 4.79 Å². The third-order valence-electron chi connectivity index (χ3n) is 3.97. The summed E-state index contributed by atoms with van der Waals surface area (Å²) < 4.78 is 11.2. The number of ether oxygens (including phenoxy) is 2. The number of carbonyl (C=O) groups excluding carboxylic acids is 1. The van der Waals surface area contributed by atoms with Crippen LogP contribution in [0.5, 0.6) is 11.5 Å². The summed E-state index contributed by atoms with van der Waals surface area (Å²) in [5, 5.41) is 0. The summed E-state index contributed by atoms with van der Waals surface area (Å²) in [5.74, 6) is 1.03. The summed E-state index contributed by atoms with van der Waals surface area (Å²) in [6.45, 7) is 10.1. The molecule has 0 spiro atoms. The van der Waals surface area contributed by atoms with Gasteiger partial charge in [-0.3, -0.25) is 0 Å². The number of unbranched alkanes of at least 4 members (excludes halogenated alkanes) is 6. The Labute approximate surface area is 147 Å². The molecule has 0 heterocycles. The van der Waals surface area contributed by atoms with Crippen LogP contribution in [-0.2, 0) is 11.2 Å². The molecular weight excluding hydrogens is 300 g/mol.